The van der Waals surface area contributed by atoms with Gasteiger partial charge in [-0.05, 0) is 42.5 Å². The van der Waals surface area contributed by atoms with Gasteiger partial charge in [-0.2, -0.15) is 0 Å². The molecule has 7 nitrogen and oxygen atoms in total. The molecule has 1 fully saturated rings. The van der Waals surface area contributed by atoms with Gasteiger partial charge in [-0.15, -0.1) is 0 Å². The summed E-state index contributed by atoms with van der Waals surface area (Å²) in [5.41, 5.74) is 5.38. The second kappa shape index (κ2) is 8.27. The first-order chi connectivity index (χ1) is 16.3. The quantitative estimate of drug-likeness (QED) is 0.476. The Morgan fingerprint density at radius 2 is 1.67 bits per heavy atom. The van der Waals surface area contributed by atoms with E-state index in [0.29, 0.717) is 37.2 Å². The molecule has 0 aliphatic carbocycles. The average molecular weight is 438 g/mol. The van der Waals surface area contributed by atoms with Crippen LogP contribution in [0.15, 0.2) is 82.2 Å². The monoisotopic (exact) mass is 438 g/mol. The van der Waals surface area contributed by atoms with Gasteiger partial charge in [0.2, 0.25) is 5.89 Å². The number of amides is 1. The fourth-order valence-corrected chi connectivity index (χ4v) is 4.26. The van der Waals surface area contributed by atoms with E-state index in [4.69, 9.17) is 14.1 Å². The van der Waals surface area contributed by atoms with Gasteiger partial charge in [0.05, 0.1) is 31.3 Å². The number of carbonyl (C=O) groups excluding carboxylic acids is 1. The van der Waals surface area contributed by atoms with E-state index in [1.54, 1.807) is 0 Å². The molecular formula is C26H22N4O3. The van der Waals surface area contributed by atoms with Crippen molar-refractivity contribution in [2.45, 2.75) is 0 Å². The van der Waals surface area contributed by atoms with Crippen LogP contribution in [-0.4, -0.2) is 54.5 Å². The Kier molecular flexibility index (Phi) is 4.97. The van der Waals surface area contributed by atoms with Crippen LogP contribution in [0.3, 0.4) is 0 Å². The minimum Gasteiger partial charge on any atom is -0.436 e. The van der Waals surface area contributed by atoms with Crippen LogP contribution in [-0.2, 0) is 9.53 Å². The number of ether oxygens (including phenoxy) is 1. The number of nitrogens with zero attached hydrogens (tertiary/aromatic N) is 4. The van der Waals surface area contributed by atoms with E-state index in [0.717, 1.165) is 41.0 Å². The molecule has 3 heterocycles. The highest BCUT2D eigenvalue weighted by atomic mass is 16.5. The summed E-state index contributed by atoms with van der Waals surface area (Å²) in [5.74, 6) is 0.486. The summed E-state index contributed by atoms with van der Waals surface area (Å²) < 4.78 is 11.3. The topological polar surface area (TPSA) is 71.2 Å². The number of aliphatic imine (C=N–C) groups is 1. The molecule has 1 aromatic heterocycles. The Morgan fingerprint density at radius 1 is 0.909 bits per heavy atom. The molecule has 164 valence electrons. The third-order valence-corrected chi connectivity index (χ3v) is 5.99. The van der Waals surface area contributed by atoms with Gasteiger partial charge < -0.3 is 9.15 Å². The average Bonchev–Trinajstić information content (AvgIpc) is 3.41. The number of hydrogen-bond donors (Lipinski definition) is 0. The molecule has 2 aliphatic rings. The second-order valence-electron chi connectivity index (χ2n) is 8.12. The molecule has 3 aromatic carbocycles. The van der Waals surface area contributed by atoms with Crippen molar-refractivity contribution in [1.82, 2.24) is 9.88 Å². The highest BCUT2D eigenvalue weighted by molar-refractivity contribution is 6.54. The fraction of sp³-hybridized carbons (Fsp3) is 0.192. The van der Waals surface area contributed by atoms with Crippen molar-refractivity contribution in [1.29, 1.82) is 0 Å². The van der Waals surface area contributed by atoms with Gasteiger partial charge in [0.25, 0.3) is 5.91 Å². The Labute approximate surface area is 190 Å². The molecule has 1 amide bonds. The lowest BCUT2D eigenvalue weighted by Gasteiger charge is -2.30. The Balaban J connectivity index is 1.29. The molecular weight excluding hydrogens is 416 g/mol. The summed E-state index contributed by atoms with van der Waals surface area (Å²) in [6, 6.07) is 23.1. The summed E-state index contributed by atoms with van der Waals surface area (Å²) in [7, 11) is 0. The molecule has 4 aromatic rings. The number of anilines is 1. The van der Waals surface area contributed by atoms with Crippen molar-refractivity contribution < 1.29 is 13.9 Å². The first kappa shape index (κ1) is 19.8. The number of rotatable bonds is 4. The molecule has 0 unspecified atom stereocenters. The van der Waals surface area contributed by atoms with Crippen LogP contribution in [0.5, 0.6) is 0 Å². The number of benzene rings is 3. The van der Waals surface area contributed by atoms with Crippen LogP contribution < -0.4 is 4.90 Å². The van der Waals surface area contributed by atoms with Crippen LogP contribution in [0.4, 0.5) is 11.4 Å². The molecule has 0 spiro atoms. The number of para-hydroxylation sites is 3. The van der Waals surface area contributed by atoms with Crippen molar-refractivity contribution in [2.75, 3.05) is 37.9 Å². The first-order valence-electron chi connectivity index (χ1n) is 11.0. The van der Waals surface area contributed by atoms with Gasteiger partial charge in [0.1, 0.15) is 11.2 Å². The van der Waals surface area contributed by atoms with Crippen LogP contribution in [0.1, 0.15) is 5.56 Å². The third kappa shape index (κ3) is 3.71. The molecule has 33 heavy (non-hydrogen) atoms. The van der Waals surface area contributed by atoms with Gasteiger partial charge in [-0.1, -0.05) is 30.3 Å². The van der Waals surface area contributed by atoms with Gasteiger partial charge in [0, 0.05) is 24.2 Å². The van der Waals surface area contributed by atoms with E-state index in [1.807, 2.05) is 77.7 Å². The number of hydrogen-bond acceptors (Lipinski definition) is 6. The van der Waals surface area contributed by atoms with E-state index in [-0.39, 0.29) is 5.91 Å². The maximum Gasteiger partial charge on any atom is 0.278 e. The van der Waals surface area contributed by atoms with Crippen molar-refractivity contribution >= 4 is 34.1 Å². The van der Waals surface area contributed by atoms with Gasteiger partial charge in [0.15, 0.2) is 5.58 Å². The molecule has 0 radical (unpaired) electrons. The molecule has 7 heteroatoms. The molecule has 0 N–H and O–H groups in total. The summed E-state index contributed by atoms with van der Waals surface area (Å²) >= 11 is 0. The summed E-state index contributed by atoms with van der Waals surface area (Å²) in [6.07, 6.45) is 0. The number of morpholine rings is 1. The number of fused-ring (bicyclic) bond motifs is 2. The third-order valence-electron chi connectivity index (χ3n) is 5.99. The van der Waals surface area contributed by atoms with E-state index >= 15 is 0 Å². The largest absolute Gasteiger partial charge is 0.436 e. The van der Waals surface area contributed by atoms with Crippen molar-refractivity contribution in [3.05, 3.63) is 78.4 Å². The lowest BCUT2D eigenvalue weighted by Crippen LogP contribution is -2.45. The summed E-state index contributed by atoms with van der Waals surface area (Å²) in [5, 5.41) is 0. The maximum atomic E-state index is 13.3. The minimum atomic E-state index is -0.0780. The van der Waals surface area contributed by atoms with Crippen LogP contribution in [0.25, 0.3) is 22.6 Å². The Bertz CT molecular complexity index is 1320. The predicted molar refractivity (Wildman–Crippen MR) is 127 cm³/mol. The molecule has 0 atom stereocenters. The molecule has 1 saturated heterocycles. The Hall–Kier alpha value is -3.81. The van der Waals surface area contributed by atoms with E-state index in [1.165, 1.54) is 0 Å². The van der Waals surface area contributed by atoms with Crippen LogP contribution in [0, 0.1) is 0 Å². The molecule has 2 aliphatic heterocycles. The predicted octanol–water partition coefficient (Wildman–Crippen LogP) is 4.25. The first-order valence-corrected chi connectivity index (χ1v) is 11.0. The van der Waals surface area contributed by atoms with Crippen LogP contribution in [0.2, 0.25) is 0 Å². The van der Waals surface area contributed by atoms with Crippen LogP contribution >= 0.6 is 0 Å². The number of oxazole rings is 1. The minimum absolute atomic E-state index is 0.0780. The van der Waals surface area contributed by atoms with Crippen molar-refractivity contribution in [2.24, 2.45) is 4.99 Å². The van der Waals surface area contributed by atoms with Gasteiger partial charge >= 0.3 is 0 Å². The van der Waals surface area contributed by atoms with E-state index < -0.39 is 0 Å². The zero-order chi connectivity index (χ0) is 22.2. The fourth-order valence-electron chi connectivity index (χ4n) is 4.26. The van der Waals surface area contributed by atoms with Gasteiger partial charge in [-0.25, -0.2) is 9.98 Å². The lowest BCUT2D eigenvalue weighted by molar-refractivity contribution is -0.112. The molecule has 0 bridgehead atoms. The SMILES string of the molecule is O=C1C(=Nc2ccc(-c3nc4ccccc4o3)cc2)c2ccccc2N1CN1CCOCC1. The second-order valence-corrected chi connectivity index (χ2v) is 8.12. The van der Waals surface area contributed by atoms with Gasteiger partial charge in [-0.3, -0.25) is 14.6 Å². The van der Waals surface area contributed by atoms with E-state index in [2.05, 4.69) is 9.88 Å². The standard InChI is InChI=1S/C26H22N4O3/c31-26-24(20-5-1-3-7-22(20)30(26)17-29-13-15-32-16-14-29)27-19-11-9-18(10-12-19)25-28-21-6-2-4-8-23(21)33-25/h1-12H,13-17H2. The smallest absolute Gasteiger partial charge is 0.278 e. The highest BCUT2D eigenvalue weighted by Gasteiger charge is 2.34. The molecule has 0 saturated carbocycles. The Morgan fingerprint density at radius 3 is 2.48 bits per heavy atom. The van der Waals surface area contributed by atoms with E-state index in [9.17, 15) is 4.79 Å². The highest BCUT2D eigenvalue weighted by Crippen LogP contribution is 2.32. The zero-order valence-electron chi connectivity index (χ0n) is 18.0. The number of aromatic nitrogens is 1. The van der Waals surface area contributed by atoms with Crippen molar-refractivity contribution in [3.8, 4) is 11.5 Å². The summed E-state index contributed by atoms with van der Waals surface area (Å²) in [4.78, 5) is 26.7. The normalized spacial score (nSPS) is 17.8. The molecule has 6 rings (SSSR count). The zero-order valence-corrected chi connectivity index (χ0v) is 18.0. The van der Waals surface area contributed by atoms with Crippen molar-refractivity contribution in [3.63, 3.8) is 0 Å². The lowest BCUT2D eigenvalue weighted by atomic mass is 10.1. The maximum absolute atomic E-state index is 13.3. The number of carbonyl (C=O) groups is 1. The summed E-state index contributed by atoms with van der Waals surface area (Å²) in [6.45, 7) is 3.55.